The van der Waals surface area contributed by atoms with Gasteiger partial charge in [0, 0.05) is 4.47 Å². The molecule has 74 valence electrons. The summed E-state index contributed by atoms with van der Waals surface area (Å²) in [7, 11) is 0. The summed E-state index contributed by atoms with van der Waals surface area (Å²) in [6.07, 6.45) is 0.828. The van der Waals surface area contributed by atoms with E-state index >= 15 is 0 Å². The monoisotopic (exact) mass is 255 g/mol. The van der Waals surface area contributed by atoms with Crippen LogP contribution in [0.4, 0.5) is 4.79 Å². The maximum absolute atomic E-state index is 10.5. The van der Waals surface area contributed by atoms with Gasteiger partial charge in [0.1, 0.15) is 0 Å². The second-order valence-electron chi connectivity index (χ2n) is 3.35. The van der Waals surface area contributed by atoms with Gasteiger partial charge in [0.15, 0.2) is 0 Å². The highest BCUT2D eigenvalue weighted by molar-refractivity contribution is 9.10. The molecule has 2 N–H and O–H groups in total. The number of nitrogens with one attached hydrogen (secondary N) is 1. The Labute approximate surface area is 90.3 Å². The fraction of sp³-hybridized carbons (Fsp3) is 0.300. The summed E-state index contributed by atoms with van der Waals surface area (Å²) in [6.45, 7) is 0. The summed E-state index contributed by atoms with van der Waals surface area (Å²) in [5.74, 6) is 0. The lowest BCUT2D eigenvalue weighted by atomic mass is 10.1. The van der Waals surface area contributed by atoms with Gasteiger partial charge < -0.3 is 10.4 Å². The Morgan fingerprint density at radius 2 is 2.36 bits per heavy atom. The van der Waals surface area contributed by atoms with Crippen molar-refractivity contribution in [1.82, 2.24) is 5.32 Å². The van der Waals surface area contributed by atoms with Crippen molar-refractivity contribution in [2.24, 2.45) is 0 Å². The maximum Gasteiger partial charge on any atom is 0.405 e. The molecule has 4 heteroatoms. The topological polar surface area (TPSA) is 49.3 Å². The van der Waals surface area contributed by atoms with Crippen LogP contribution in [0.25, 0.3) is 0 Å². The van der Waals surface area contributed by atoms with Crippen molar-refractivity contribution in [2.75, 3.05) is 0 Å². The molecule has 2 rings (SSSR count). The predicted octanol–water partition coefficient (Wildman–Crippen LogP) is 2.70. The summed E-state index contributed by atoms with van der Waals surface area (Å²) in [5.41, 5.74) is 2.33. The van der Waals surface area contributed by atoms with Gasteiger partial charge in [-0.1, -0.05) is 28.1 Å². The smallest absolute Gasteiger partial charge is 0.405 e. The Balaban J connectivity index is 2.30. The highest BCUT2D eigenvalue weighted by Gasteiger charge is 2.24. The average molecular weight is 256 g/mol. The molecule has 0 aromatic heterocycles. The van der Waals surface area contributed by atoms with E-state index in [1.807, 2.05) is 18.2 Å². The Kier molecular flexibility index (Phi) is 2.46. The van der Waals surface area contributed by atoms with Crippen molar-refractivity contribution in [3.05, 3.63) is 33.8 Å². The van der Waals surface area contributed by atoms with Crippen LogP contribution in [-0.2, 0) is 6.42 Å². The molecule has 0 unspecified atom stereocenters. The quantitative estimate of drug-likeness (QED) is 0.811. The number of amides is 1. The molecule has 0 saturated carbocycles. The molecule has 1 aromatic carbocycles. The van der Waals surface area contributed by atoms with Crippen LogP contribution in [0.5, 0.6) is 0 Å². The van der Waals surface area contributed by atoms with Gasteiger partial charge in [0.05, 0.1) is 6.04 Å². The first kappa shape index (κ1) is 9.52. The van der Waals surface area contributed by atoms with Crippen LogP contribution in [0.2, 0.25) is 0 Å². The number of rotatable bonds is 1. The van der Waals surface area contributed by atoms with E-state index in [0.717, 1.165) is 22.9 Å². The van der Waals surface area contributed by atoms with Crippen LogP contribution in [0.15, 0.2) is 22.7 Å². The zero-order valence-electron chi connectivity index (χ0n) is 7.46. The number of carboxylic acid groups (broad SMARTS) is 1. The third-order valence-corrected chi connectivity index (χ3v) is 3.25. The third-order valence-electron chi connectivity index (χ3n) is 2.51. The number of benzene rings is 1. The van der Waals surface area contributed by atoms with Crippen LogP contribution in [0.3, 0.4) is 0 Å². The lowest BCUT2D eigenvalue weighted by molar-refractivity contribution is 0.190. The van der Waals surface area contributed by atoms with Gasteiger partial charge in [0.2, 0.25) is 0 Å². The minimum atomic E-state index is -0.956. The number of halogens is 1. The standard InChI is InChI=1S/C10H10BrNO2/c11-8-3-1-2-7-6(8)4-5-9(7)12-10(13)14/h1-3,9,12H,4-5H2,(H,13,14)/t9-/m1/s1. The summed E-state index contributed by atoms with van der Waals surface area (Å²) in [6, 6.07) is 5.86. The van der Waals surface area contributed by atoms with Crippen LogP contribution >= 0.6 is 15.9 Å². The molecular weight excluding hydrogens is 246 g/mol. The normalized spacial score (nSPS) is 19.1. The molecule has 0 spiro atoms. The zero-order valence-corrected chi connectivity index (χ0v) is 9.04. The highest BCUT2D eigenvalue weighted by atomic mass is 79.9. The van der Waals surface area contributed by atoms with Crippen LogP contribution in [0, 0.1) is 0 Å². The van der Waals surface area contributed by atoms with Crippen molar-refractivity contribution in [3.63, 3.8) is 0 Å². The van der Waals surface area contributed by atoms with Gasteiger partial charge in [-0.2, -0.15) is 0 Å². The zero-order chi connectivity index (χ0) is 10.1. The molecule has 1 atom stereocenters. The summed E-state index contributed by atoms with van der Waals surface area (Å²) in [4.78, 5) is 10.5. The third kappa shape index (κ3) is 1.62. The largest absolute Gasteiger partial charge is 0.465 e. The Morgan fingerprint density at radius 3 is 3.07 bits per heavy atom. The fourth-order valence-electron chi connectivity index (χ4n) is 1.91. The molecule has 0 fully saturated rings. The SMILES string of the molecule is O=C(O)N[C@@H]1CCc2c(Br)cccc21. The van der Waals surface area contributed by atoms with Crippen molar-refractivity contribution in [2.45, 2.75) is 18.9 Å². The van der Waals surface area contributed by atoms with E-state index in [-0.39, 0.29) is 6.04 Å². The molecule has 0 radical (unpaired) electrons. The van der Waals surface area contributed by atoms with Gasteiger partial charge in [-0.05, 0) is 30.0 Å². The minimum absolute atomic E-state index is 0.0417. The summed E-state index contributed by atoms with van der Waals surface area (Å²) >= 11 is 3.47. The van der Waals surface area contributed by atoms with E-state index in [4.69, 9.17) is 5.11 Å². The number of carbonyl (C=O) groups is 1. The van der Waals surface area contributed by atoms with E-state index in [0.29, 0.717) is 0 Å². The van der Waals surface area contributed by atoms with Gasteiger partial charge in [-0.25, -0.2) is 4.79 Å². The summed E-state index contributed by atoms with van der Waals surface area (Å²) in [5, 5.41) is 11.2. The number of fused-ring (bicyclic) bond motifs is 1. The number of hydrogen-bond donors (Lipinski definition) is 2. The highest BCUT2D eigenvalue weighted by Crippen LogP contribution is 2.35. The molecule has 0 saturated heterocycles. The van der Waals surface area contributed by atoms with Gasteiger partial charge in [0.25, 0.3) is 0 Å². The lowest BCUT2D eigenvalue weighted by Crippen LogP contribution is -2.24. The molecule has 1 aliphatic rings. The van der Waals surface area contributed by atoms with Crippen molar-refractivity contribution in [3.8, 4) is 0 Å². The minimum Gasteiger partial charge on any atom is -0.465 e. The predicted molar refractivity (Wildman–Crippen MR) is 56.4 cm³/mol. The molecule has 1 amide bonds. The van der Waals surface area contributed by atoms with Crippen molar-refractivity contribution in [1.29, 1.82) is 0 Å². The molecule has 0 heterocycles. The molecule has 1 aromatic rings. The molecule has 1 aliphatic carbocycles. The first-order valence-corrected chi connectivity index (χ1v) is 5.24. The van der Waals surface area contributed by atoms with E-state index < -0.39 is 6.09 Å². The van der Waals surface area contributed by atoms with E-state index in [2.05, 4.69) is 21.2 Å². The van der Waals surface area contributed by atoms with Crippen molar-refractivity contribution >= 4 is 22.0 Å². The van der Waals surface area contributed by atoms with Crippen LogP contribution < -0.4 is 5.32 Å². The average Bonchev–Trinajstić information content (AvgIpc) is 2.49. The second kappa shape index (κ2) is 3.61. The Bertz CT molecular complexity index is 378. The first-order valence-electron chi connectivity index (χ1n) is 4.45. The van der Waals surface area contributed by atoms with E-state index in [1.54, 1.807) is 0 Å². The van der Waals surface area contributed by atoms with Crippen LogP contribution in [-0.4, -0.2) is 11.2 Å². The van der Waals surface area contributed by atoms with E-state index in [1.165, 1.54) is 5.56 Å². The molecule has 3 nitrogen and oxygen atoms in total. The molecular formula is C10H10BrNO2. The molecule has 0 aliphatic heterocycles. The van der Waals surface area contributed by atoms with Gasteiger partial charge >= 0.3 is 6.09 Å². The van der Waals surface area contributed by atoms with Gasteiger partial charge in [-0.3, -0.25) is 0 Å². The maximum atomic E-state index is 10.5. The summed E-state index contributed by atoms with van der Waals surface area (Å²) < 4.78 is 1.07. The van der Waals surface area contributed by atoms with Gasteiger partial charge in [-0.15, -0.1) is 0 Å². The fourth-order valence-corrected chi connectivity index (χ4v) is 2.49. The second-order valence-corrected chi connectivity index (χ2v) is 4.20. The molecule has 0 bridgehead atoms. The van der Waals surface area contributed by atoms with E-state index in [9.17, 15) is 4.79 Å². The van der Waals surface area contributed by atoms with Crippen molar-refractivity contribution < 1.29 is 9.90 Å². The number of hydrogen-bond acceptors (Lipinski definition) is 1. The molecule has 14 heavy (non-hydrogen) atoms. The Hall–Kier alpha value is -1.03. The Morgan fingerprint density at radius 1 is 1.57 bits per heavy atom. The first-order chi connectivity index (χ1) is 6.68. The van der Waals surface area contributed by atoms with Crippen LogP contribution in [0.1, 0.15) is 23.6 Å². The lowest BCUT2D eigenvalue weighted by Gasteiger charge is -2.11.